The average Bonchev–Trinajstić information content (AvgIpc) is 1.17. The van der Waals surface area contributed by atoms with Gasteiger partial charge in [-0.2, -0.15) is 0 Å². The quantitative estimate of drug-likeness (QED) is 0.0523. The van der Waals surface area contributed by atoms with E-state index in [-0.39, 0.29) is 42.6 Å². The first-order chi connectivity index (χ1) is 41.7. The highest BCUT2D eigenvalue weighted by Gasteiger charge is 2.58. The Morgan fingerprint density at radius 3 is 0.784 bits per heavy atom. The van der Waals surface area contributed by atoms with Gasteiger partial charge in [0.1, 0.15) is 134 Å². The molecule has 32 nitrogen and oxygen atoms in total. The summed E-state index contributed by atoms with van der Waals surface area (Å²) >= 11 is 26.3. The molecule has 40 heteroatoms. The molecule has 15 rings (SSSR count). The second-order valence-corrected chi connectivity index (χ2v) is 26.9. The lowest BCUT2D eigenvalue weighted by Crippen LogP contribution is -2.68. The van der Waals surface area contributed by atoms with Crippen LogP contribution in [0.1, 0.15) is 13.8 Å². The van der Waals surface area contributed by atoms with Gasteiger partial charge in [0.25, 0.3) is 0 Å². The maximum absolute atomic E-state index is 11.6. The van der Waals surface area contributed by atoms with Gasteiger partial charge in [-0.25, -0.2) is 9.78 Å². The smallest absolute Gasteiger partial charge is 0.209 e. The summed E-state index contributed by atoms with van der Waals surface area (Å²) in [6.45, 7) is 2.60. The third-order valence-corrected chi connectivity index (χ3v) is 20.8. The van der Waals surface area contributed by atoms with Gasteiger partial charge >= 0.3 is 0 Å². The minimum Gasteiger partial charge on any atom is -0.391 e. The predicted octanol–water partition coefficient (Wildman–Crippen LogP) is -5.00. The van der Waals surface area contributed by atoms with Crippen molar-refractivity contribution in [3.8, 4) is 0 Å². The van der Waals surface area contributed by atoms with Crippen LogP contribution in [-0.4, -0.2) is 358 Å². The number of halogens is 8. The summed E-state index contributed by atoms with van der Waals surface area (Å²) in [5.74, 6) is 0. The van der Waals surface area contributed by atoms with Crippen LogP contribution in [-0.2, 0) is 76.1 Å². The highest BCUT2D eigenvalue weighted by molar-refractivity contribution is 9.10. The molecule has 37 unspecified atom stereocenters. The number of aliphatic hydroxyl groups excluding tert-OH is 15. The van der Waals surface area contributed by atoms with Gasteiger partial charge in [0.2, 0.25) is 12.6 Å². The van der Waals surface area contributed by atoms with E-state index in [1.54, 1.807) is 0 Å². The highest BCUT2D eigenvalue weighted by atomic mass is 79.9. The van der Waals surface area contributed by atoms with Gasteiger partial charge in [-0.3, -0.25) is 0 Å². The third-order valence-electron chi connectivity index (χ3n) is 15.7. The van der Waals surface area contributed by atoms with Crippen molar-refractivity contribution < 1.29 is 158 Å². The summed E-state index contributed by atoms with van der Waals surface area (Å²) in [5, 5.41) is 181. The summed E-state index contributed by atoms with van der Waals surface area (Å²) in [6, 6.07) is 0. The van der Waals surface area contributed by atoms with Crippen molar-refractivity contribution in [1.29, 1.82) is 0 Å². The molecule has 12 bridgehead atoms. The number of hydrogen-bond acceptors (Lipinski definition) is 32. The first-order valence-corrected chi connectivity index (χ1v) is 36.6. The Morgan fingerprint density at radius 1 is 0.284 bits per heavy atom. The Balaban J connectivity index is 1.17. The molecule has 0 aromatic heterocycles. The van der Waals surface area contributed by atoms with Crippen molar-refractivity contribution in [2.75, 3.05) is 42.6 Å². The molecule has 15 saturated heterocycles. The van der Waals surface area contributed by atoms with Gasteiger partial charge < -0.3 is 148 Å². The molecule has 0 spiro atoms. The van der Waals surface area contributed by atoms with Crippen LogP contribution in [0.5, 0.6) is 0 Å². The van der Waals surface area contributed by atoms with Gasteiger partial charge in [0.15, 0.2) is 37.7 Å². The van der Waals surface area contributed by atoms with Crippen LogP contribution in [0.3, 0.4) is 0 Å². The molecule has 0 aromatic rings. The van der Waals surface area contributed by atoms with Crippen LogP contribution < -0.4 is 0 Å². The van der Waals surface area contributed by atoms with Gasteiger partial charge in [-0.05, 0) is 13.8 Å². The largest absolute Gasteiger partial charge is 0.391 e. The number of alkyl halides is 8. The fourth-order valence-electron chi connectivity index (χ4n) is 10.6. The maximum atomic E-state index is 11.6. The number of fused-ring (bicyclic) bond motifs is 2. The van der Waals surface area contributed by atoms with E-state index in [1.165, 1.54) is 13.8 Å². The highest BCUT2D eigenvalue weighted by Crippen LogP contribution is 2.39. The van der Waals surface area contributed by atoms with Crippen LogP contribution in [0.4, 0.5) is 0 Å². The topological polar surface area (TPSA) is 471 Å². The van der Waals surface area contributed by atoms with Crippen molar-refractivity contribution >= 4 is 127 Å². The number of hydrogen-bond donors (Lipinski definition) is 16. The van der Waals surface area contributed by atoms with Crippen molar-refractivity contribution in [3.63, 3.8) is 0 Å². The minimum atomic E-state index is -2.49. The molecule has 15 aliphatic heterocycles. The molecule has 16 N–H and O–H groups in total. The lowest BCUT2D eigenvalue weighted by atomic mass is 9.95. The van der Waals surface area contributed by atoms with E-state index in [0.29, 0.717) is 0 Å². The Kier molecular flexibility index (Phi) is 31.5. The lowest BCUT2D eigenvalue weighted by molar-refractivity contribution is -0.425. The molecule has 0 saturated carbocycles. The zero-order chi connectivity index (χ0) is 64.9. The molecule has 0 amide bonds. The Hall–Kier alpha value is 2.56. The molecule has 0 radical (unpaired) electrons. The van der Waals surface area contributed by atoms with Crippen LogP contribution in [0.2, 0.25) is 0 Å². The average molecular weight is 1800 g/mol. The normalized spacial score (nSPS) is 50.8. The number of ether oxygens (including phenoxy) is 14. The number of aliphatic hydroxyl groups is 16. The molecule has 15 aliphatic rings. The maximum Gasteiger partial charge on any atom is 0.209 e. The van der Waals surface area contributed by atoms with Crippen molar-refractivity contribution in [2.24, 2.45) is 0 Å². The molecular weight excluding hydrogens is 1730 g/mol. The van der Waals surface area contributed by atoms with Crippen LogP contribution in [0.25, 0.3) is 0 Å². The first-order valence-electron chi connectivity index (χ1n) is 27.6. The fourth-order valence-corrected chi connectivity index (χ4v) is 14.9. The molecule has 88 heavy (non-hydrogen) atoms. The Morgan fingerprint density at radius 2 is 0.534 bits per heavy atom. The summed E-state index contributed by atoms with van der Waals surface area (Å²) in [5.41, 5.74) is 0. The van der Waals surface area contributed by atoms with E-state index < -0.39 is 233 Å². The zero-order valence-corrected chi connectivity index (χ0v) is 59.0. The van der Waals surface area contributed by atoms with Crippen molar-refractivity contribution in [3.05, 3.63) is 0 Å². The SMILES string of the molecule is CC(O)C(O)C1OC(C(O)O)OC(CBr)C(C)OC2OC(CBr)C(OC3OC(CBr)C(OC4OC(CBr)C(OC5OC(CBr)C(OC6OC(CBr)C(OC7OC(CBr)C(OOC1CBr)C(O)C7O)C(O)C6O)C(O)C5O)C(O)C4O)C(O)C3O)C(O)C2O. The van der Waals surface area contributed by atoms with Crippen LogP contribution >= 0.6 is 127 Å². The molecule has 15 heterocycles. The van der Waals surface area contributed by atoms with Gasteiger partial charge in [-0.15, -0.1) is 0 Å². The summed E-state index contributed by atoms with van der Waals surface area (Å²) in [4.78, 5) is 11.4. The zero-order valence-electron chi connectivity index (χ0n) is 46.3. The molecule has 15 fully saturated rings. The minimum absolute atomic E-state index is 0.104. The van der Waals surface area contributed by atoms with Crippen LogP contribution in [0, 0.1) is 0 Å². The summed E-state index contributed by atoms with van der Waals surface area (Å²) in [6.07, 6.45) is -64.5. The Bertz CT molecular complexity index is 2060. The summed E-state index contributed by atoms with van der Waals surface area (Å²) < 4.78 is 84.3. The monoisotopic (exact) mass is 1800 g/mol. The van der Waals surface area contributed by atoms with E-state index in [1.807, 2.05) is 0 Å². The second kappa shape index (κ2) is 35.6. The van der Waals surface area contributed by atoms with Gasteiger partial charge in [0, 0.05) is 42.6 Å². The molecule has 516 valence electrons. The van der Waals surface area contributed by atoms with Crippen LogP contribution in [0.15, 0.2) is 0 Å². The van der Waals surface area contributed by atoms with Gasteiger partial charge in [-0.1, -0.05) is 127 Å². The van der Waals surface area contributed by atoms with E-state index in [0.717, 1.165) is 0 Å². The molecule has 37 atom stereocenters. The van der Waals surface area contributed by atoms with Gasteiger partial charge in [0.05, 0.1) is 48.8 Å². The van der Waals surface area contributed by atoms with E-state index in [4.69, 9.17) is 76.1 Å². The third kappa shape index (κ3) is 17.8. The second-order valence-electron chi connectivity index (χ2n) is 21.7. The van der Waals surface area contributed by atoms with Crippen molar-refractivity contribution in [1.82, 2.24) is 0 Å². The predicted molar refractivity (Wildman–Crippen MR) is 319 cm³/mol. The summed E-state index contributed by atoms with van der Waals surface area (Å²) in [7, 11) is 0. The number of rotatable bonds is 11. The molecule has 0 aliphatic carbocycles. The van der Waals surface area contributed by atoms with E-state index >= 15 is 0 Å². The standard InChI is InChI=1S/C48H76Br8O32/c1-11(57)21(58)39-20(10-56)87-88-40-19(9-55)80-47(33(70)27(40)64)85-38-18(8-54)79-46(32(69)26(38)63)84-37-17(7-53)78-45(31(68)25(37)62)83-36-16(6-52)77-44(30(67)24(36)61)82-35-15(5-51)76-43(29(66)23(35)60)81-34-14(4-50)75-42(28(65)22(34)59)73-12(2)13(3-49)74-48(86-39)41(71)72/h11-48,57-72H,3-10H2,1-2H3. The molecular formula is C48H76Br8O32. The molecule has 0 aromatic carbocycles. The fraction of sp³-hybridized carbons (Fsp3) is 1.00. The van der Waals surface area contributed by atoms with E-state index in [9.17, 15) is 81.7 Å². The van der Waals surface area contributed by atoms with E-state index in [2.05, 4.69) is 127 Å². The lowest BCUT2D eigenvalue weighted by Gasteiger charge is -2.50. The van der Waals surface area contributed by atoms with Crippen molar-refractivity contribution in [2.45, 2.75) is 247 Å². The first kappa shape index (κ1) is 77.9. The Labute approximate surface area is 570 Å².